The highest BCUT2D eigenvalue weighted by Gasteiger charge is 2.50. The van der Waals surface area contributed by atoms with Crippen molar-refractivity contribution in [3.8, 4) is 0 Å². The van der Waals surface area contributed by atoms with E-state index in [2.05, 4.69) is 48.6 Å². The zero-order valence-corrected chi connectivity index (χ0v) is 39.3. The molecular formula is C50H79NO12S. The van der Waals surface area contributed by atoms with Gasteiger partial charge in [0.1, 0.15) is 24.4 Å². The zero-order chi connectivity index (χ0) is 46.3. The smallest absolute Gasteiger partial charge is 0.397 e. The van der Waals surface area contributed by atoms with Crippen LogP contribution in [-0.2, 0) is 56.0 Å². The number of aryl methyl sites for hydroxylation is 2. The third-order valence-electron chi connectivity index (χ3n) is 11.9. The monoisotopic (exact) mass is 918 g/mol. The lowest BCUT2D eigenvalue weighted by atomic mass is 9.96. The Hall–Kier alpha value is -3.40. The highest BCUT2D eigenvalue weighted by Crippen LogP contribution is 2.28. The minimum atomic E-state index is -5.17. The van der Waals surface area contributed by atoms with E-state index in [0.717, 1.165) is 103 Å². The molecule has 0 aliphatic carbocycles. The summed E-state index contributed by atoms with van der Waals surface area (Å²) in [5.74, 6) is -1.81. The van der Waals surface area contributed by atoms with Crippen molar-refractivity contribution < 1.29 is 56.0 Å². The SMILES string of the molecule is CCCCCCCCCCC[C@@H](CC(=O)N[C@@H]1[C@@H](OC(=O)CCCCCCCCc2ccccc2)[C@H](OS(=O)(=O)O)[C@@H](CO)O[C@H]1O)OC(=O)CCCCCCCCc1ccccc1. The maximum atomic E-state index is 13.7. The van der Waals surface area contributed by atoms with Crippen LogP contribution >= 0.6 is 0 Å². The Kier molecular flexibility index (Phi) is 28.4. The van der Waals surface area contributed by atoms with Crippen molar-refractivity contribution in [1.82, 2.24) is 5.32 Å². The lowest BCUT2D eigenvalue weighted by Crippen LogP contribution is -2.66. The Morgan fingerprint density at radius 2 is 1.12 bits per heavy atom. The number of aliphatic hydroxyl groups excluding tert-OH is 2. The Morgan fingerprint density at radius 1 is 0.656 bits per heavy atom. The molecule has 1 aliphatic heterocycles. The number of carbonyl (C=O) groups excluding carboxylic acids is 3. The van der Waals surface area contributed by atoms with E-state index in [0.29, 0.717) is 19.3 Å². The van der Waals surface area contributed by atoms with Crippen LogP contribution in [0.25, 0.3) is 0 Å². The summed E-state index contributed by atoms with van der Waals surface area (Å²) in [4.78, 5) is 40.0. The van der Waals surface area contributed by atoms with Gasteiger partial charge in [0.2, 0.25) is 5.91 Å². The molecule has 14 heteroatoms. The van der Waals surface area contributed by atoms with Gasteiger partial charge in [-0.3, -0.25) is 18.9 Å². The molecule has 1 heterocycles. The number of hydrogen-bond acceptors (Lipinski definition) is 11. The van der Waals surface area contributed by atoms with Crippen LogP contribution in [0.3, 0.4) is 0 Å². The predicted octanol–water partition coefficient (Wildman–Crippen LogP) is 9.45. The van der Waals surface area contributed by atoms with Crippen molar-refractivity contribution in [2.45, 2.75) is 217 Å². The van der Waals surface area contributed by atoms with Crippen LogP contribution in [-0.4, -0.2) is 84.4 Å². The van der Waals surface area contributed by atoms with Gasteiger partial charge in [0.25, 0.3) is 0 Å². The number of esters is 2. The third-order valence-corrected chi connectivity index (χ3v) is 12.4. The standard InChI is InChI=1S/C50H79NO12S/c1-2-3-4-5-6-7-8-15-26-35-42(60-45(54)36-27-16-11-9-13-20-29-40-31-22-18-23-32-40)38-44(53)51-47-49(48(63-64(57,58)59)43(39-52)61-50(47)56)62-46(55)37-28-17-12-10-14-21-30-41-33-24-19-25-34-41/h18-19,22-25,31-34,42-43,47-50,52,56H,2-17,20-21,26-30,35-39H2,1H3,(H,51,53)(H,57,58,59)/t42-,43+,47+,48+,49+,50+/m0/s1. The Balaban J connectivity index is 1.55. The van der Waals surface area contributed by atoms with E-state index >= 15 is 0 Å². The predicted molar refractivity (Wildman–Crippen MR) is 247 cm³/mol. The summed E-state index contributed by atoms with van der Waals surface area (Å²) in [6.07, 6.45) is 15.7. The largest absolute Gasteiger partial charge is 0.462 e. The molecule has 0 radical (unpaired) electrons. The molecule has 1 aliphatic rings. The van der Waals surface area contributed by atoms with E-state index in [4.69, 9.17) is 18.4 Å². The number of nitrogens with one attached hydrogen (secondary N) is 1. The third kappa shape index (κ3) is 24.8. The van der Waals surface area contributed by atoms with E-state index in [-0.39, 0.29) is 19.3 Å². The van der Waals surface area contributed by atoms with E-state index in [9.17, 15) is 37.6 Å². The van der Waals surface area contributed by atoms with Crippen LogP contribution in [0.2, 0.25) is 0 Å². The van der Waals surface area contributed by atoms with Crippen molar-refractivity contribution in [3.05, 3.63) is 71.8 Å². The topological polar surface area (TPSA) is 195 Å². The first-order chi connectivity index (χ1) is 31.0. The molecule has 0 unspecified atom stereocenters. The van der Waals surface area contributed by atoms with Gasteiger partial charge in [-0.15, -0.1) is 0 Å². The lowest BCUT2D eigenvalue weighted by Gasteiger charge is -2.43. The molecule has 4 N–H and O–H groups in total. The number of amides is 1. The lowest BCUT2D eigenvalue weighted by molar-refractivity contribution is -0.254. The summed E-state index contributed by atoms with van der Waals surface area (Å²) in [6.45, 7) is 1.33. The molecule has 0 saturated carbocycles. The molecule has 1 amide bonds. The van der Waals surface area contributed by atoms with E-state index in [1.165, 1.54) is 43.2 Å². The van der Waals surface area contributed by atoms with Crippen molar-refractivity contribution in [1.29, 1.82) is 0 Å². The van der Waals surface area contributed by atoms with E-state index < -0.39 is 71.6 Å². The number of unbranched alkanes of at least 4 members (excludes halogenated alkanes) is 18. The number of aliphatic hydroxyl groups is 2. The molecule has 2 aromatic carbocycles. The molecule has 13 nitrogen and oxygen atoms in total. The minimum absolute atomic E-state index is 0.0362. The van der Waals surface area contributed by atoms with Crippen LogP contribution in [0.1, 0.15) is 179 Å². The van der Waals surface area contributed by atoms with Gasteiger partial charge >= 0.3 is 22.3 Å². The fraction of sp³-hybridized carbons (Fsp3) is 0.700. The van der Waals surface area contributed by atoms with Crippen LogP contribution < -0.4 is 5.32 Å². The number of rotatable bonds is 36. The molecule has 362 valence electrons. The molecule has 0 spiro atoms. The molecule has 1 saturated heterocycles. The van der Waals surface area contributed by atoms with E-state index in [1.807, 2.05) is 24.3 Å². The van der Waals surface area contributed by atoms with Gasteiger partial charge in [-0.25, -0.2) is 4.18 Å². The second kappa shape index (κ2) is 33.1. The van der Waals surface area contributed by atoms with Gasteiger partial charge in [-0.05, 0) is 62.5 Å². The molecule has 3 rings (SSSR count). The number of benzene rings is 2. The fourth-order valence-electron chi connectivity index (χ4n) is 8.31. The molecule has 1 fully saturated rings. The first kappa shape index (κ1) is 54.9. The first-order valence-corrected chi connectivity index (χ1v) is 25.7. The first-order valence-electron chi connectivity index (χ1n) is 24.3. The second-order valence-electron chi connectivity index (χ2n) is 17.4. The number of hydrogen-bond donors (Lipinski definition) is 4. The normalized spacial score (nSPS) is 19.2. The highest BCUT2D eigenvalue weighted by atomic mass is 32.3. The summed E-state index contributed by atoms with van der Waals surface area (Å²) < 4.78 is 55.3. The van der Waals surface area contributed by atoms with E-state index in [1.54, 1.807) is 0 Å². The minimum Gasteiger partial charge on any atom is -0.462 e. The van der Waals surface area contributed by atoms with Gasteiger partial charge in [0.15, 0.2) is 12.4 Å². The summed E-state index contributed by atoms with van der Waals surface area (Å²) >= 11 is 0. The fourth-order valence-corrected chi connectivity index (χ4v) is 8.82. The maximum Gasteiger partial charge on any atom is 0.397 e. The zero-order valence-electron chi connectivity index (χ0n) is 38.5. The Bertz CT molecular complexity index is 1650. The maximum absolute atomic E-state index is 13.7. The Labute approximate surface area is 383 Å². The van der Waals surface area contributed by atoms with Crippen LogP contribution in [0.15, 0.2) is 60.7 Å². The van der Waals surface area contributed by atoms with Gasteiger partial charge in [-0.2, -0.15) is 8.42 Å². The van der Waals surface area contributed by atoms with Gasteiger partial charge in [0, 0.05) is 12.8 Å². The summed E-state index contributed by atoms with van der Waals surface area (Å²) in [6, 6.07) is 19.1. The van der Waals surface area contributed by atoms with Gasteiger partial charge < -0.3 is 29.7 Å². The van der Waals surface area contributed by atoms with Crippen LogP contribution in [0.5, 0.6) is 0 Å². The van der Waals surface area contributed by atoms with Crippen molar-refractivity contribution in [2.75, 3.05) is 6.61 Å². The highest BCUT2D eigenvalue weighted by molar-refractivity contribution is 7.80. The van der Waals surface area contributed by atoms with Crippen LogP contribution in [0, 0.1) is 0 Å². The summed E-state index contributed by atoms with van der Waals surface area (Å²) in [5, 5.41) is 23.6. The van der Waals surface area contributed by atoms with Gasteiger partial charge in [0.05, 0.1) is 13.0 Å². The molecule has 64 heavy (non-hydrogen) atoms. The molecular weight excluding hydrogens is 839 g/mol. The summed E-state index contributed by atoms with van der Waals surface area (Å²) in [5.41, 5.74) is 2.64. The van der Waals surface area contributed by atoms with Crippen LogP contribution in [0.4, 0.5) is 0 Å². The quantitative estimate of drug-likeness (QED) is 0.0288. The second-order valence-corrected chi connectivity index (χ2v) is 18.5. The van der Waals surface area contributed by atoms with Crippen molar-refractivity contribution in [2.24, 2.45) is 0 Å². The average molecular weight is 918 g/mol. The molecule has 0 aromatic heterocycles. The van der Waals surface area contributed by atoms with Crippen molar-refractivity contribution >= 4 is 28.2 Å². The number of carbonyl (C=O) groups is 3. The van der Waals surface area contributed by atoms with Gasteiger partial charge in [-0.1, -0.05) is 170 Å². The molecule has 6 atom stereocenters. The molecule has 0 bridgehead atoms. The number of ether oxygens (including phenoxy) is 3. The molecule has 2 aromatic rings. The Morgan fingerprint density at radius 3 is 1.62 bits per heavy atom. The average Bonchev–Trinajstić information content (AvgIpc) is 3.27. The van der Waals surface area contributed by atoms with Crippen molar-refractivity contribution in [3.63, 3.8) is 0 Å². The summed E-state index contributed by atoms with van der Waals surface area (Å²) in [7, 11) is -5.17.